The van der Waals surface area contributed by atoms with E-state index in [1.54, 1.807) is 0 Å². The van der Waals surface area contributed by atoms with Crippen LogP contribution in [-0.2, 0) is 4.79 Å². The van der Waals surface area contributed by atoms with Crippen molar-refractivity contribution in [2.75, 3.05) is 13.1 Å². The molecule has 0 aromatic carbocycles. The first-order valence-corrected chi connectivity index (χ1v) is 4.27. The van der Waals surface area contributed by atoms with E-state index in [4.69, 9.17) is 0 Å². The number of nitrogens with zero attached hydrogens (tertiary/aromatic N) is 1. The van der Waals surface area contributed by atoms with Crippen molar-refractivity contribution < 1.29 is 18.0 Å². The lowest BCUT2D eigenvalue weighted by Crippen LogP contribution is -2.45. The van der Waals surface area contributed by atoms with Gasteiger partial charge in [0.25, 0.3) is 0 Å². The van der Waals surface area contributed by atoms with E-state index in [1.807, 2.05) is 6.92 Å². The Balaban J connectivity index is 0.00000169. The fraction of sp³-hybridized carbons (Fsp3) is 0.889. The van der Waals surface area contributed by atoms with Crippen LogP contribution >= 0.6 is 0 Å². The van der Waals surface area contributed by atoms with Gasteiger partial charge in [-0.2, -0.15) is 13.2 Å². The molecule has 0 saturated carbocycles. The highest BCUT2D eigenvalue weighted by Crippen LogP contribution is 2.23. The number of hydrogen-bond donors (Lipinski definition) is 0. The lowest BCUT2D eigenvalue weighted by molar-refractivity contribution is -0.186. The standard InChI is InChI=1S/C8H12F3NO.CH4/c1-6-2-4-12(5-3-6)7(13)8(9,10)11;/h6H,2-5H2,1H3;1H4. The van der Waals surface area contributed by atoms with Crippen LogP contribution in [0.5, 0.6) is 0 Å². The molecule has 0 aromatic heterocycles. The number of carbonyl (C=O) groups is 1. The van der Waals surface area contributed by atoms with Gasteiger partial charge in [0.05, 0.1) is 0 Å². The average Bonchev–Trinajstić information content (AvgIpc) is 2.03. The molecule has 1 rings (SSSR count). The Hall–Kier alpha value is -0.740. The van der Waals surface area contributed by atoms with Crippen molar-refractivity contribution in [3.8, 4) is 0 Å². The number of likely N-dealkylation sites (tertiary alicyclic amines) is 1. The number of piperidine rings is 1. The van der Waals surface area contributed by atoms with Gasteiger partial charge >= 0.3 is 12.1 Å². The Morgan fingerprint density at radius 3 is 2.07 bits per heavy atom. The van der Waals surface area contributed by atoms with Crippen molar-refractivity contribution in [2.45, 2.75) is 33.4 Å². The molecule has 1 fully saturated rings. The summed E-state index contributed by atoms with van der Waals surface area (Å²) in [6.45, 7) is 2.45. The van der Waals surface area contributed by atoms with E-state index in [0.717, 1.165) is 4.90 Å². The van der Waals surface area contributed by atoms with E-state index in [9.17, 15) is 18.0 Å². The van der Waals surface area contributed by atoms with E-state index in [1.165, 1.54) is 0 Å². The monoisotopic (exact) mass is 211 g/mol. The van der Waals surface area contributed by atoms with Crippen LogP contribution in [0.3, 0.4) is 0 Å². The van der Waals surface area contributed by atoms with Crippen molar-refractivity contribution in [3.63, 3.8) is 0 Å². The summed E-state index contributed by atoms with van der Waals surface area (Å²) < 4.78 is 35.8. The highest BCUT2D eigenvalue weighted by Gasteiger charge is 2.42. The van der Waals surface area contributed by atoms with E-state index in [-0.39, 0.29) is 20.5 Å². The molecule has 0 atom stereocenters. The maximum Gasteiger partial charge on any atom is 0.471 e. The maximum atomic E-state index is 11.9. The second-order valence-corrected chi connectivity index (χ2v) is 3.47. The fourth-order valence-electron chi connectivity index (χ4n) is 1.39. The molecule has 1 saturated heterocycles. The van der Waals surface area contributed by atoms with Gasteiger partial charge in [-0.15, -0.1) is 0 Å². The molecule has 5 heteroatoms. The summed E-state index contributed by atoms with van der Waals surface area (Å²) in [6.07, 6.45) is -3.37. The SMILES string of the molecule is C.CC1CCN(C(=O)C(F)(F)F)CC1. The normalized spacial score (nSPS) is 19.0. The summed E-state index contributed by atoms with van der Waals surface area (Å²) in [5.74, 6) is -1.27. The summed E-state index contributed by atoms with van der Waals surface area (Å²) in [7, 11) is 0. The summed E-state index contributed by atoms with van der Waals surface area (Å²) in [4.78, 5) is 11.6. The molecule has 1 aliphatic heterocycles. The summed E-state index contributed by atoms with van der Waals surface area (Å²) in [6, 6.07) is 0. The molecular formula is C9H16F3NO. The molecule has 0 spiro atoms. The van der Waals surface area contributed by atoms with E-state index >= 15 is 0 Å². The molecule has 0 N–H and O–H groups in total. The molecule has 84 valence electrons. The Morgan fingerprint density at radius 1 is 1.29 bits per heavy atom. The van der Waals surface area contributed by atoms with Crippen molar-refractivity contribution in [1.82, 2.24) is 4.90 Å². The van der Waals surface area contributed by atoms with Crippen molar-refractivity contribution in [3.05, 3.63) is 0 Å². The summed E-state index contributed by atoms with van der Waals surface area (Å²) in [5.41, 5.74) is 0. The molecule has 0 bridgehead atoms. The van der Waals surface area contributed by atoms with Gasteiger partial charge in [0, 0.05) is 13.1 Å². The summed E-state index contributed by atoms with van der Waals surface area (Å²) in [5, 5.41) is 0. The number of hydrogen-bond acceptors (Lipinski definition) is 1. The highest BCUT2D eigenvalue weighted by molar-refractivity contribution is 5.81. The lowest BCUT2D eigenvalue weighted by atomic mass is 9.99. The van der Waals surface area contributed by atoms with Gasteiger partial charge in [-0.3, -0.25) is 4.79 Å². The van der Waals surface area contributed by atoms with Crippen LogP contribution in [0.15, 0.2) is 0 Å². The van der Waals surface area contributed by atoms with Crippen molar-refractivity contribution >= 4 is 5.91 Å². The predicted octanol–water partition coefficient (Wildman–Crippen LogP) is 2.44. The second kappa shape index (κ2) is 4.66. The maximum absolute atomic E-state index is 11.9. The molecule has 1 heterocycles. The van der Waals surface area contributed by atoms with Crippen LogP contribution in [0.25, 0.3) is 0 Å². The van der Waals surface area contributed by atoms with Gasteiger partial charge in [-0.25, -0.2) is 0 Å². The number of halogens is 3. The minimum Gasteiger partial charge on any atom is -0.335 e. The topological polar surface area (TPSA) is 20.3 Å². The molecular weight excluding hydrogens is 195 g/mol. The van der Waals surface area contributed by atoms with Crippen LogP contribution in [0.1, 0.15) is 27.2 Å². The second-order valence-electron chi connectivity index (χ2n) is 3.47. The van der Waals surface area contributed by atoms with Gasteiger partial charge in [-0.1, -0.05) is 14.4 Å². The molecule has 14 heavy (non-hydrogen) atoms. The number of alkyl halides is 3. The molecule has 1 amide bonds. The zero-order chi connectivity index (χ0) is 10.1. The Labute approximate surface area is 82.1 Å². The molecule has 0 aromatic rings. The number of amides is 1. The smallest absolute Gasteiger partial charge is 0.335 e. The highest BCUT2D eigenvalue weighted by atomic mass is 19.4. The third kappa shape index (κ3) is 3.20. The number of carbonyl (C=O) groups excluding carboxylic acids is 1. The van der Waals surface area contributed by atoms with Crippen LogP contribution in [0.2, 0.25) is 0 Å². The van der Waals surface area contributed by atoms with Crippen molar-refractivity contribution in [1.29, 1.82) is 0 Å². The third-order valence-corrected chi connectivity index (χ3v) is 2.31. The van der Waals surface area contributed by atoms with E-state index < -0.39 is 12.1 Å². The first-order chi connectivity index (χ1) is 5.91. The quantitative estimate of drug-likeness (QED) is 0.602. The van der Waals surface area contributed by atoms with Gasteiger partial charge in [0.1, 0.15) is 0 Å². The van der Waals surface area contributed by atoms with Gasteiger partial charge in [-0.05, 0) is 18.8 Å². The van der Waals surface area contributed by atoms with Crippen LogP contribution in [0, 0.1) is 5.92 Å². The fourth-order valence-corrected chi connectivity index (χ4v) is 1.39. The molecule has 0 aliphatic carbocycles. The Morgan fingerprint density at radius 2 is 1.71 bits per heavy atom. The molecule has 2 nitrogen and oxygen atoms in total. The van der Waals surface area contributed by atoms with E-state index in [0.29, 0.717) is 18.8 Å². The Bertz CT molecular complexity index is 195. The minimum absolute atomic E-state index is 0. The zero-order valence-corrected chi connectivity index (χ0v) is 7.40. The molecule has 0 unspecified atom stereocenters. The van der Waals surface area contributed by atoms with Crippen LogP contribution < -0.4 is 0 Å². The van der Waals surface area contributed by atoms with Gasteiger partial charge < -0.3 is 4.90 Å². The van der Waals surface area contributed by atoms with E-state index in [2.05, 4.69) is 0 Å². The third-order valence-electron chi connectivity index (χ3n) is 2.31. The van der Waals surface area contributed by atoms with Crippen LogP contribution in [-0.4, -0.2) is 30.1 Å². The largest absolute Gasteiger partial charge is 0.471 e. The first-order valence-electron chi connectivity index (χ1n) is 4.27. The van der Waals surface area contributed by atoms with Gasteiger partial charge in [0.15, 0.2) is 0 Å². The van der Waals surface area contributed by atoms with Gasteiger partial charge in [0.2, 0.25) is 0 Å². The minimum atomic E-state index is -4.71. The first kappa shape index (κ1) is 13.3. The summed E-state index contributed by atoms with van der Waals surface area (Å²) >= 11 is 0. The molecule has 0 radical (unpaired) electrons. The van der Waals surface area contributed by atoms with Crippen molar-refractivity contribution in [2.24, 2.45) is 5.92 Å². The lowest BCUT2D eigenvalue weighted by Gasteiger charge is -2.30. The zero-order valence-electron chi connectivity index (χ0n) is 7.40. The average molecular weight is 211 g/mol. The number of rotatable bonds is 0. The molecule has 1 aliphatic rings. The predicted molar refractivity (Wildman–Crippen MR) is 47.8 cm³/mol. The van der Waals surface area contributed by atoms with Crippen LogP contribution in [0.4, 0.5) is 13.2 Å². The Kier molecular flexibility index (Phi) is 4.42.